The van der Waals surface area contributed by atoms with Crippen molar-refractivity contribution in [3.05, 3.63) is 66.6 Å². The van der Waals surface area contributed by atoms with Crippen molar-refractivity contribution in [2.45, 2.75) is 40.2 Å². The smallest absolute Gasteiger partial charge is 0.269 e. The van der Waals surface area contributed by atoms with E-state index < -0.39 is 4.92 Å². The first-order valence-electron chi connectivity index (χ1n) is 8.50. The maximum atomic E-state index is 13.1. The Hall–Kier alpha value is -2.87. The molecule has 7 nitrogen and oxygen atoms in total. The number of Topliss-reactive ketones (excluding diaryl/α,β-unsaturated/α-hetero) is 1. The van der Waals surface area contributed by atoms with E-state index in [1.807, 2.05) is 13.8 Å². The molecule has 0 spiro atoms. The second kappa shape index (κ2) is 7.40. The molecule has 0 bridgehead atoms. The van der Waals surface area contributed by atoms with Crippen LogP contribution in [0.15, 0.2) is 29.1 Å². The molecule has 0 aliphatic heterocycles. The van der Waals surface area contributed by atoms with E-state index in [-0.39, 0.29) is 30.0 Å². The van der Waals surface area contributed by atoms with Gasteiger partial charge in [-0.25, -0.2) is 4.98 Å². The Morgan fingerprint density at radius 1 is 1.26 bits per heavy atom. The Balaban J connectivity index is 2.09. The summed E-state index contributed by atoms with van der Waals surface area (Å²) in [5.74, 6) is 0.561. The monoisotopic (exact) mass is 385 g/mol. The largest absolute Gasteiger partial charge is 0.300 e. The molecular formula is C19H19N3O4S. The summed E-state index contributed by atoms with van der Waals surface area (Å²) in [4.78, 5) is 41.3. The number of rotatable bonds is 6. The predicted octanol–water partition coefficient (Wildman–Crippen LogP) is 3.55. The van der Waals surface area contributed by atoms with Crippen molar-refractivity contribution in [1.82, 2.24) is 9.55 Å². The molecule has 140 valence electrons. The molecule has 0 N–H and O–H groups in total. The second-order valence-corrected chi connectivity index (χ2v) is 7.70. The summed E-state index contributed by atoms with van der Waals surface area (Å²) in [5, 5.41) is 11.4. The fraction of sp³-hybridized carbons (Fsp3) is 0.316. The lowest BCUT2D eigenvalue weighted by molar-refractivity contribution is -0.384. The van der Waals surface area contributed by atoms with E-state index in [0.717, 1.165) is 16.0 Å². The van der Waals surface area contributed by atoms with E-state index in [9.17, 15) is 19.7 Å². The van der Waals surface area contributed by atoms with Gasteiger partial charge >= 0.3 is 0 Å². The molecule has 0 unspecified atom stereocenters. The van der Waals surface area contributed by atoms with Crippen LogP contribution in [0.1, 0.15) is 35.2 Å². The molecule has 0 aliphatic carbocycles. The molecule has 0 fully saturated rings. The fourth-order valence-electron chi connectivity index (χ4n) is 2.92. The highest BCUT2D eigenvalue weighted by molar-refractivity contribution is 7.18. The van der Waals surface area contributed by atoms with Crippen LogP contribution < -0.4 is 5.56 Å². The first kappa shape index (κ1) is 18.9. The third-order valence-corrected chi connectivity index (χ3v) is 5.67. The molecule has 0 aliphatic rings. The number of benzene rings is 1. The van der Waals surface area contributed by atoms with E-state index >= 15 is 0 Å². The number of ketones is 1. The molecule has 2 aromatic heterocycles. The average molecular weight is 385 g/mol. The summed E-state index contributed by atoms with van der Waals surface area (Å²) in [6, 6.07) is 6.19. The second-order valence-electron chi connectivity index (χ2n) is 6.50. The topological polar surface area (TPSA) is 95.1 Å². The standard InChI is InChI=1S/C19H19N3O4S/c1-11(23)8-9-21-16(10-14-4-6-15(7-5-14)22(25)26)20-18-17(19(21)24)12(2)13(3)27-18/h4-7H,8-10H2,1-3H3. The lowest BCUT2D eigenvalue weighted by Crippen LogP contribution is -2.26. The highest BCUT2D eigenvalue weighted by Gasteiger charge is 2.17. The minimum atomic E-state index is -0.450. The summed E-state index contributed by atoms with van der Waals surface area (Å²) >= 11 is 1.48. The summed E-state index contributed by atoms with van der Waals surface area (Å²) in [6.45, 7) is 5.63. The number of aromatic nitrogens is 2. The number of nitro benzene ring substituents is 1. The van der Waals surface area contributed by atoms with Gasteiger partial charge in [0.25, 0.3) is 11.2 Å². The number of fused-ring (bicyclic) bond motifs is 1. The van der Waals surface area contributed by atoms with Gasteiger partial charge in [-0.3, -0.25) is 24.3 Å². The maximum absolute atomic E-state index is 13.1. The van der Waals surface area contributed by atoms with Crippen molar-refractivity contribution < 1.29 is 9.72 Å². The predicted molar refractivity (Wildman–Crippen MR) is 105 cm³/mol. The average Bonchev–Trinajstić information content (AvgIpc) is 2.89. The highest BCUT2D eigenvalue weighted by Crippen LogP contribution is 2.27. The Kier molecular flexibility index (Phi) is 5.18. The minimum absolute atomic E-state index is 0.00139. The van der Waals surface area contributed by atoms with Crippen molar-refractivity contribution in [2.24, 2.45) is 0 Å². The van der Waals surface area contributed by atoms with Crippen LogP contribution in [0, 0.1) is 24.0 Å². The van der Waals surface area contributed by atoms with Gasteiger partial charge in [-0.05, 0) is 31.9 Å². The van der Waals surface area contributed by atoms with Crippen molar-refractivity contribution in [3.8, 4) is 0 Å². The number of thiophene rings is 1. The molecule has 0 saturated heterocycles. The number of aryl methyl sites for hydroxylation is 2. The summed E-state index contributed by atoms with van der Waals surface area (Å²) < 4.78 is 1.56. The van der Waals surface area contributed by atoms with Crippen LogP contribution in [0.2, 0.25) is 0 Å². The number of nitrogens with zero attached hydrogens (tertiary/aromatic N) is 3. The van der Waals surface area contributed by atoms with Crippen LogP contribution in [0.4, 0.5) is 5.69 Å². The molecule has 1 aromatic carbocycles. The van der Waals surface area contributed by atoms with Crippen molar-refractivity contribution in [3.63, 3.8) is 0 Å². The first-order chi connectivity index (χ1) is 12.8. The molecule has 27 heavy (non-hydrogen) atoms. The van der Waals surface area contributed by atoms with Crippen LogP contribution in [-0.4, -0.2) is 20.3 Å². The van der Waals surface area contributed by atoms with E-state index in [1.54, 1.807) is 16.7 Å². The van der Waals surface area contributed by atoms with Crippen LogP contribution >= 0.6 is 11.3 Å². The molecule has 3 aromatic rings. The van der Waals surface area contributed by atoms with Gasteiger partial charge in [-0.1, -0.05) is 12.1 Å². The van der Waals surface area contributed by atoms with Gasteiger partial charge in [0.1, 0.15) is 16.4 Å². The van der Waals surface area contributed by atoms with E-state index in [2.05, 4.69) is 4.98 Å². The molecule has 2 heterocycles. The quantitative estimate of drug-likeness (QED) is 0.478. The number of carbonyl (C=O) groups is 1. The number of hydrogen-bond donors (Lipinski definition) is 0. The third-order valence-electron chi connectivity index (χ3n) is 4.56. The van der Waals surface area contributed by atoms with E-state index in [1.165, 1.54) is 30.4 Å². The zero-order valence-electron chi connectivity index (χ0n) is 15.3. The molecule has 8 heteroatoms. The summed E-state index contributed by atoms with van der Waals surface area (Å²) in [7, 11) is 0. The first-order valence-corrected chi connectivity index (χ1v) is 9.31. The summed E-state index contributed by atoms with van der Waals surface area (Å²) in [5.41, 5.74) is 1.61. The van der Waals surface area contributed by atoms with Crippen molar-refractivity contribution in [1.29, 1.82) is 0 Å². The maximum Gasteiger partial charge on any atom is 0.269 e. The Labute approximate surface area is 159 Å². The van der Waals surface area contributed by atoms with E-state index in [4.69, 9.17) is 0 Å². The lowest BCUT2D eigenvalue weighted by atomic mass is 10.1. The zero-order chi connectivity index (χ0) is 19.7. The third kappa shape index (κ3) is 3.80. The Bertz CT molecular complexity index is 1100. The van der Waals surface area contributed by atoms with Gasteiger partial charge in [0, 0.05) is 36.4 Å². The minimum Gasteiger partial charge on any atom is -0.300 e. The van der Waals surface area contributed by atoms with E-state index in [0.29, 0.717) is 22.5 Å². The number of carbonyl (C=O) groups excluding carboxylic acids is 1. The van der Waals surface area contributed by atoms with Gasteiger partial charge < -0.3 is 0 Å². The molecule has 3 rings (SSSR count). The summed E-state index contributed by atoms with van der Waals surface area (Å²) in [6.07, 6.45) is 0.611. The number of hydrogen-bond acceptors (Lipinski definition) is 6. The van der Waals surface area contributed by atoms with Crippen molar-refractivity contribution >= 4 is 33.0 Å². The van der Waals surface area contributed by atoms with Gasteiger partial charge in [0.05, 0.1) is 10.3 Å². The van der Waals surface area contributed by atoms with Crippen molar-refractivity contribution in [2.75, 3.05) is 0 Å². The molecule has 0 amide bonds. The van der Waals surface area contributed by atoms with Gasteiger partial charge in [0.2, 0.25) is 0 Å². The van der Waals surface area contributed by atoms with Gasteiger partial charge in [0.15, 0.2) is 0 Å². The van der Waals surface area contributed by atoms with Gasteiger partial charge in [-0.2, -0.15) is 0 Å². The molecule has 0 atom stereocenters. The normalized spacial score (nSPS) is 11.1. The number of non-ortho nitro benzene ring substituents is 1. The van der Waals surface area contributed by atoms with Crippen LogP contribution in [0.3, 0.4) is 0 Å². The highest BCUT2D eigenvalue weighted by atomic mass is 32.1. The molecule has 0 radical (unpaired) electrons. The van der Waals surface area contributed by atoms with Crippen LogP contribution in [-0.2, 0) is 17.8 Å². The Morgan fingerprint density at radius 2 is 1.93 bits per heavy atom. The zero-order valence-corrected chi connectivity index (χ0v) is 16.1. The van der Waals surface area contributed by atoms with Gasteiger partial charge in [-0.15, -0.1) is 11.3 Å². The lowest BCUT2D eigenvalue weighted by Gasteiger charge is -2.12. The SMILES string of the molecule is CC(=O)CCn1c(Cc2ccc([N+](=O)[O-])cc2)nc2sc(C)c(C)c2c1=O. The Morgan fingerprint density at radius 3 is 2.52 bits per heavy atom. The number of nitro groups is 1. The fourth-order valence-corrected chi connectivity index (χ4v) is 3.96. The molecule has 0 saturated carbocycles. The van der Waals surface area contributed by atoms with Crippen LogP contribution in [0.5, 0.6) is 0 Å². The van der Waals surface area contributed by atoms with Crippen LogP contribution in [0.25, 0.3) is 10.2 Å². The molecular weight excluding hydrogens is 366 g/mol.